The molecule has 0 aliphatic carbocycles. The first-order chi connectivity index (χ1) is 10.5. The van der Waals surface area contributed by atoms with Gasteiger partial charge in [-0.1, -0.05) is 25.1 Å². The van der Waals surface area contributed by atoms with Crippen LogP contribution in [0.2, 0.25) is 0 Å². The van der Waals surface area contributed by atoms with Crippen LogP contribution in [0.5, 0.6) is 0 Å². The van der Waals surface area contributed by atoms with Crippen LogP contribution in [0.3, 0.4) is 0 Å². The van der Waals surface area contributed by atoms with Crippen LogP contribution < -0.4 is 10.6 Å². The Morgan fingerprint density at radius 1 is 1.18 bits per heavy atom. The normalized spacial score (nSPS) is 11.8. The summed E-state index contributed by atoms with van der Waals surface area (Å²) in [6, 6.07) is 9.96. The van der Waals surface area contributed by atoms with E-state index in [1.165, 1.54) is 0 Å². The summed E-state index contributed by atoms with van der Waals surface area (Å²) in [5.74, 6) is -0.188. The average Bonchev–Trinajstić information content (AvgIpc) is 2.51. The molecule has 2 rings (SSSR count). The first kappa shape index (κ1) is 16.0. The van der Waals surface area contributed by atoms with Crippen LogP contribution in [0, 0.1) is 13.8 Å². The van der Waals surface area contributed by atoms with Crippen molar-refractivity contribution < 1.29 is 4.79 Å². The number of aromatic nitrogens is 1. The zero-order chi connectivity index (χ0) is 16.1. The van der Waals surface area contributed by atoms with E-state index < -0.39 is 0 Å². The van der Waals surface area contributed by atoms with Crippen molar-refractivity contribution in [2.75, 3.05) is 10.6 Å². The summed E-state index contributed by atoms with van der Waals surface area (Å²) in [6.07, 6.45) is 2.74. The van der Waals surface area contributed by atoms with Gasteiger partial charge in [-0.2, -0.15) is 0 Å². The summed E-state index contributed by atoms with van der Waals surface area (Å²) in [6.45, 7) is 8.20. The lowest BCUT2D eigenvalue weighted by atomic mass is 10.1. The molecule has 4 heteroatoms. The summed E-state index contributed by atoms with van der Waals surface area (Å²) >= 11 is 0. The van der Waals surface area contributed by atoms with Crippen molar-refractivity contribution in [3.8, 4) is 0 Å². The van der Waals surface area contributed by atoms with E-state index in [-0.39, 0.29) is 5.91 Å². The highest BCUT2D eigenvalue weighted by atomic mass is 16.1. The van der Waals surface area contributed by atoms with Crippen molar-refractivity contribution in [3.63, 3.8) is 0 Å². The lowest BCUT2D eigenvalue weighted by Gasteiger charge is -2.13. The first-order valence-electron chi connectivity index (χ1n) is 7.61. The quantitative estimate of drug-likeness (QED) is 0.871. The number of carbonyl (C=O) groups excluding carboxylic acids is 1. The molecule has 0 saturated carbocycles. The second-order valence-electron chi connectivity index (χ2n) is 5.61. The van der Waals surface area contributed by atoms with Crippen LogP contribution >= 0.6 is 0 Å². The molecule has 22 heavy (non-hydrogen) atoms. The molecule has 0 fully saturated rings. The van der Waals surface area contributed by atoms with Crippen LogP contribution in [-0.2, 0) is 0 Å². The number of anilines is 2. The van der Waals surface area contributed by atoms with Crippen LogP contribution in [0.25, 0.3) is 0 Å². The molecule has 1 unspecified atom stereocenters. The van der Waals surface area contributed by atoms with Crippen LogP contribution in [0.15, 0.2) is 36.5 Å². The van der Waals surface area contributed by atoms with Crippen molar-refractivity contribution in [2.45, 2.75) is 40.2 Å². The number of carbonyl (C=O) groups is 1. The molecule has 1 amide bonds. The van der Waals surface area contributed by atoms with Crippen LogP contribution in [-0.4, -0.2) is 16.9 Å². The third kappa shape index (κ3) is 3.85. The molecule has 0 aliphatic heterocycles. The zero-order valence-electron chi connectivity index (χ0n) is 13.6. The molecule has 1 aromatic carbocycles. The number of hydrogen-bond donors (Lipinski definition) is 2. The fraction of sp³-hybridized carbons (Fsp3) is 0.333. The molecule has 2 aromatic rings. The van der Waals surface area contributed by atoms with Gasteiger partial charge in [-0.05, 0) is 50.5 Å². The average molecular weight is 297 g/mol. The Morgan fingerprint density at radius 3 is 2.41 bits per heavy atom. The van der Waals surface area contributed by atoms with E-state index >= 15 is 0 Å². The molecule has 1 atom stereocenters. The van der Waals surface area contributed by atoms with Crippen molar-refractivity contribution in [3.05, 3.63) is 53.3 Å². The summed E-state index contributed by atoms with van der Waals surface area (Å²) in [5.41, 5.74) is 4.29. The summed E-state index contributed by atoms with van der Waals surface area (Å²) in [4.78, 5) is 16.6. The van der Waals surface area contributed by atoms with Gasteiger partial charge in [0.15, 0.2) is 0 Å². The van der Waals surface area contributed by atoms with Crippen molar-refractivity contribution in [1.29, 1.82) is 0 Å². The molecule has 0 radical (unpaired) electrons. The first-order valence-corrected chi connectivity index (χ1v) is 7.61. The van der Waals surface area contributed by atoms with E-state index in [9.17, 15) is 4.79 Å². The number of benzene rings is 1. The van der Waals surface area contributed by atoms with Crippen LogP contribution in [0.4, 0.5) is 11.4 Å². The van der Waals surface area contributed by atoms with Gasteiger partial charge in [0.05, 0.1) is 11.9 Å². The fourth-order valence-electron chi connectivity index (χ4n) is 2.19. The Balaban J connectivity index is 2.10. The topological polar surface area (TPSA) is 54.0 Å². The van der Waals surface area contributed by atoms with Gasteiger partial charge in [0.2, 0.25) is 0 Å². The van der Waals surface area contributed by atoms with Gasteiger partial charge >= 0.3 is 0 Å². The Morgan fingerprint density at radius 2 is 1.86 bits per heavy atom. The molecular formula is C18H23N3O. The highest BCUT2D eigenvalue weighted by Crippen LogP contribution is 2.20. The van der Waals surface area contributed by atoms with Gasteiger partial charge in [-0.3, -0.25) is 4.79 Å². The van der Waals surface area contributed by atoms with E-state index in [0.717, 1.165) is 28.9 Å². The van der Waals surface area contributed by atoms with Crippen molar-refractivity contribution >= 4 is 17.3 Å². The molecule has 0 saturated heterocycles. The maximum atomic E-state index is 12.3. The summed E-state index contributed by atoms with van der Waals surface area (Å²) < 4.78 is 0. The number of hydrogen-bond acceptors (Lipinski definition) is 3. The van der Waals surface area contributed by atoms with E-state index in [1.807, 2.05) is 38.1 Å². The Kier molecular flexibility index (Phi) is 5.15. The molecule has 0 bridgehead atoms. The summed E-state index contributed by atoms with van der Waals surface area (Å²) in [7, 11) is 0. The molecule has 4 nitrogen and oxygen atoms in total. The van der Waals surface area contributed by atoms with E-state index in [4.69, 9.17) is 0 Å². The molecule has 1 heterocycles. The van der Waals surface area contributed by atoms with E-state index in [1.54, 1.807) is 12.3 Å². The Labute approximate surface area is 132 Å². The molecule has 0 spiro atoms. The highest BCUT2D eigenvalue weighted by molar-refractivity contribution is 6.03. The molecule has 0 aliphatic rings. The van der Waals surface area contributed by atoms with Crippen LogP contribution in [0.1, 0.15) is 41.9 Å². The smallest absolute Gasteiger partial charge is 0.274 e. The molecule has 2 N–H and O–H groups in total. The third-order valence-electron chi connectivity index (χ3n) is 3.74. The molecule has 116 valence electrons. The van der Waals surface area contributed by atoms with Gasteiger partial charge in [-0.15, -0.1) is 0 Å². The highest BCUT2D eigenvalue weighted by Gasteiger charge is 2.11. The van der Waals surface area contributed by atoms with Gasteiger partial charge in [-0.25, -0.2) is 4.98 Å². The molecule has 1 aromatic heterocycles. The van der Waals surface area contributed by atoms with E-state index in [0.29, 0.717) is 11.7 Å². The van der Waals surface area contributed by atoms with E-state index in [2.05, 4.69) is 29.5 Å². The number of amides is 1. The summed E-state index contributed by atoms with van der Waals surface area (Å²) in [5, 5.41) is 6.28. The van der Waals surface area contributed by atoms with Gasteiger partial charge in [0.25, 0.3) is 5.91 Å². The SMILES string of the molecule is CCC(C)Nc1ccc(C(=O)Nc2c(C)cccc2C)nc1. The number of pyridine rings is 1. The van der Waals surface area contributed by atoms with Gasteiger partial charge in [0.1, 0.15) is 5.69 Å². The maximum absolute atomic E-state index is 12.3. The maximum Gasteiger partial charge on any atom is 0.274 e. The Hall–Kier alpha value is -2.36. The monoisotopic (exact) mass is 297 g/mol. The fourth-order valence-corrected chi connectivity index (χ4v) is 2.19. The van der Waals surface area contributed by atoms with Gasteiger partial charge in [0, 0.05) is 11.7 Å². The van der Waals surface area contributed by atoms with Crippen molar-refractivity contribution in [2.24, 2.45) is 0 Å². The second-order valence-corrected chi connectivity index (χ2v) is 5.61. The predicted octanol–water partition coefficient (Wildman–Crippen LogP) is 4.16. The lowest BCUT2D eigenvalue weighted by molar-refractivity contribution is 0.102. The predicted molar refractivity (Wildman–Crippen MR) is 91.5 cm³/mol. The largest absolute Gasteiger partial charge is 0.381 e. The lowest BCUT2D eigenvalue weighted by Crippen LogP contribution is -2.16. The standard InChI is InChI=1S/C18H23N3O/c1-5-14(4)20-15-9-10-16(19-11-15)18(22)21-17-12(2)7-6-8-13(17)3/h6-11,14,20H,5H2,1-4H3,(H,21,22). The van der Waals surface area contributed by atoms with Gasteiger partial charge < -0.3 is 10.6 Å². The zero-order valence-corrected chi connectivity index (χ0v) is 13.6. The minimum Gasteiger partial charge on any atom is -0.381 e. The number of para-hydroxylation sites is 1. The number of nitrogens with zero attached hydrogens (tertiary/aromatic N) is 1. The van der Waals surface area contributed by atoms with Crippen molar-refractivity contribution in [1.82, 2.24) is 4.98 Å². The number of aryl methyl sites for hydroxylation is 2. The molecular weight excluding hydrogens is 274 g/mol. The third-order valence-corrected chi connectivity index (χ3v) is 3.74. The Bertz CT molecular complexity index is 630. The second kappa shape index (κ2) is 7.07. The minimum atomic E-state index is -0.188. The number of rotatable bonds is 5. The minimum absolute atomic E-state index is 0.188. The number of nitrogens with one attached hydrogen (secondary N) is 2.